The van der Waals surface area contributed by atoms with Crippen molar-refractivity contribution in [2.45, 2.75) is 25.3 Å². The Balaban J connectivity index is 0.00000225. The fourth-order valence-electron chi connectivity index (χ4n) is 3.69. The summed E-state index contributed by atoms with van der Waals surface area (Å²) in [6.45, 7) is 2.08. The van der Waals surface area contributed by atoms with Crippen LogP contribution < -0.4 is 15.0 Å². The molecule has 2 aliphatic heterocycles. The summed E-state index contributed by atoms with van der Waals surface area (Å²) in [4.78, 5) is 28.9. The first kappa shape index (κ1) is 19.5. The molecule has 25 heavy (non-hydrogen) atoms. The van der Waals surface area contributed by atoms with Gasteiger partial charge in [0.15, 0.2) is 0 Å². The van der Waals surface area contributed by atoms with Gasteiger partial charge in [0.1, 0.15) is 5.75 Å². The molecule has 2 atom stereocenters. The van der Waals surface area contributed by atoms with Gasteiger partial charge in [-0.1, -0.05) is 0 Å². The van der Waals surface area contributed by atoms with Crippen LogP contribution in [0.1, 0.15) is 19.3 Å². The highest BCUT2D eigenvalue weighted by Gasteiger charge is 2.40. The van der Waals surface area contributed by atoms with Crippen molar-refractivity contribution in [3.63, 3.8) is 0 Å². The summed E-state index contributed by atoms with van der Waals surface area (Å²) in [7, 11) is 3.52. The standard InChI is InChI=1S/C18H25N3O3.ClH/c1-19-11-15-4-3-9-20(15)18(23)13-10-17(22)21(12-13)14-5-7-16(24-2)8-6-14;/h5-8,13,15,19H,3-4,9-12H2,1-2H3;1H. The molecule has 6 nitrogen and oxygen atoms in total. The molecule has 2 fully saturated rings. The Morgan fingerprint density at radius 2 is 2.04 bits per heavy atom. The van der Waals surface area contributed by atoms with E-state index in [-0.39, 0.29) is 36.2 Å². The minimum Gasteiger partial charge on any atom is -0.497 e. The SMILES string of the molecule is CNCC1CCCN1C(=O)C1CC(=O)N(c2ccc(OC)cc2)C1.Cl. The number of halogens is 1. The van der Waals surface area contributed by atoms with Crippen molar-refractivity contribution >= 4 is 29.9 Å². The highest BCUT2D eigenvalue weighted by atomic mass is 35.5. The lowest BCUT2D eigenvalue weighted by atomic mass is 10.1. The van der Waals surface area contributed by atoms with Gasteiger partial charge in [0.25, 0.3) is 0 Å². The summed E-state index contributed by atoms with van der Waals surface area (Å²) in [5.74, 6) is 0.655. The van der Waals surface area contributed by atoms with E-state index in [0.29, 0.717) is 13.0 Å². The van der Waals surface area contributed by atoms with Gasteiger partial charge in [-0.15, -0.1) is 12.4 Å². The third kappa shape index (κ3) is 4.07. The molecule has 0 aliphatic carbocycles. The molecule has 0 bridgehead atoms. The highest BCUT2D eigenvalue weighted by molar-refractivity contribution is 6.00. The van der Waals surface area contributed by atoms with E-state index in [0.717, 1.165) is 37.4 Å². The predicted octanol–water partition coefficient (Wildman–Crippen LogP) is 1.68. The molecule has 1 N–H and O–H groups in total. The smallest absolute Gasteiger partial charge is 0.228 e. The van der Waals surface area contributed by atoms with Crippen molar-refractivity contribution in [2.75, 3.05) is 38.7 Å². The lowest BCUT2D eigenvalue weighted by Gasteiger charge is -2.27. The maximum absolute atomic E-state index is 12.9. The molecular formula is C18H26ClN3O3. The number of anilines is 1. The maximum Gasteiger partial charge on any atom is 0.228 e. The van der Waals surface area contributed by atoms with Crippen LogP contribution in [0, 0.1) is 5.92 Å². The number of likely N-dealkylation sites (tertiary alicyclic amines) is 1. The zero-order valence-corrected chi connectivity index (χ0v) is 15.6. The van der Waals surface area contributed by atoms with Crippen LogP contribution in [-0.2, 0) is 9.59 Å². The van der Waals surface area contributed by atoms with Crippen LogP contribution in [-0.4, -0.2) is 56.5 Å². The van der Waals surface area contributed by atoms with E-state index in [1.165, 1.54) is 0 Å². The summed E-state index contributed by atoms with van der Waals surface area (Å²) in [6, 6.07) is 7.65. The van der Waals surface area contributed by atoms with Gasteiger partial charge < -0.3 is 19.9 Å². The molecular weight excluding hydrogens is 342 g/mol. The number of hydrogen-bond donors (Lipinski definition) is 1. The first-order chi connectivity index (χ1) is 11.6. The molecule has 3 rings (SSSR count). The largest absolute Gasteiger partial charge is 0.497 e. The van der Waals surface area contributed by atoms with Gasteiger partial charge in [-0.05, 0) is 44.2 Å². The minimum atomic E-state index is -0.239. The molecule has 1 aromatic rings. The number of carbonyl (C=O) groups excluding carboxylic acids is 2. The number of rotatable bonds is 5. The average molecular weight is 368 g/mol. The van der Waals surface area contributed by atoms with E-state index in [9.17, 15) is 9.59 Å². The van der Waals surface area contributed by atoms with E-state index < -0.39 is 0 Å². The molecule has 0 spiro atoms. The quantitative estimate of drug-likeness (QED) is 0.860. The van der Waals surface area contributed by atoms with Crippen molar-refractivity contribution in [1.82, 2.24) is 10.2 Å². The zero-order chi connectivity index (χ0) is 17.1. The lowest BCUT2D eigenvalue weighted by Crippen LogP contribution is -2.44. The van der Waals surface area contributed by atoms with Crippen LogP contribution in [0.3, 0.4) is 0 Å². The summed E-state index contributed by atoms with van der Waals surface area (Å²) in [5.41, 5.74) is 0.823. The lowest BCUT2D eigenvalue weighted by molar-refractivity contribution is -0.136. The number of ether oxygens (including phenoxy) is 1. The van der Waals surface area contributed by atoms with E-state index in [1.807, 2.05) is 36.2 Å². The first-order valence-corrected chi connectivity index (χ1v) is 8.53. The van der Waals surface area contributed by atoms with Crippen LogP contribution in [0.4, 0.5) is 5.69 Å². The third-order valence-electron chi connectivity index (χ3n) is 4.96. The summed E-state index contributed by atoms with van der Waals surface area (Å²) in [6.07, 6.45) is 2.38. The first-order valence-electron chi connectivity index (χ1n) is 8.53. The Labute approximate surface area is 154 Å². The number of likely N-dealkylation sites (N-methyl/N-ethyl adjacent to an activating group) is 1. The summed E-state index contributed by atoms with van der Waals surface area (Å²) in [5, 5.41) is 3.16. The Morgan fingerprint density at radius 1 is 1.32 bits per heavy atom. The maximum atomic E-state index is 12.9. The molecule has 0 saturated carbocycles. The normalized spacial score (nSPS) is 22.9. The fourth-order valence-corrected chi connectivity index (χ4v) is 3.69. The molecule has 2 heterocycles. The molecule has 1 aromatic carbocycles. The second kappa shape index (κ2) is 8.54. The van der Waals surface area contributed by atoms with Crippen LogP contribution in [0.25, 0.3) is 0 Å². The van der Waals surface area contributed by atoms with Crippen LogP contribution >= 0.6 is 12.4 Å². The highest BCUT2D eigenvalue weighted by Crippen LogP contribution is 2.29. The minimum absolute atomic E-state index is 0. The number of carbonyl (C=O) groups is 2. The van der Waals surface area contributed by atoms with Gasteiger partial charge in [-0.3, -0.25) is 9.59 Å². The van der Waals surface area contributed by atoms with E-state index in [2.05, 4.69) is 5.32 Å². The van der Waals surface area contributed by atoms with Crippen molar-refractivity contribution in [2.24, 2.45) is 5.92 Å². The summed E-state index contributed by atoms with van der Waals surface area (Å²) >= 11 is 0. The van der Waals surface area contributed by atoms with Gasteiger partial charge in [-0.25, -0.2) is 0 Å². The monoisotopic (exact) mass is 367 g/mol. The van der Waals surface area contributed by atoms with Gasteiger partial charge in [0, 0.05) is 37.8 Å². The molecule has 0 aromatic heterocycles. The van der Waals surface area contributed by atoms with E-state index >= 15 is 0 Å². The van der Waals surface area contributed by atoms with Crippen molar-refractivity contribution in [1.29, 1.82) is 0 Å². The zero-order valence-electron chi connectivity index (χ0n) is 14.7. The Kier molecular flexibility index (Phi) is 6.67. The number of nitrogens with one attached hydrogen (secondary N) is 1. The van der Waals surface area contributed by atoms with E-state index in [1.54, 1.807) is 12.0 Å². The number of benzene rings is 1. The Morgan fingerprint density at radius 3 is 2.68 bits per heavy atom. The van der Waals surface area contributed by atoms with Crippen molar-refractivity contribution < 1.29 is 14.3 Å². The van der Waals surface area contributed by atoms with Gasteiger partial charge in [0.2, 0.25) is 11.8 Å². The summed E-state index contributed by atoms with van der Waals surface area (Å²) < 4.78 is 5.15. The predicted molar refractivity (Wildman–Crippen MR) is 99.4 cm³/mol. The van der Waals surface area contributed by atoms with Gasteiger partial charge in [0.05, 0.1) is 13.0 Å². The molecule has 138 valence electrons. The Hall–Kier alpha value is -1.79. The molecule has 2 aliphatic rings. The number of methoxy groups -OCH3 is 1. The van der Waals surface area contributed by atoms with Crippen molar-refractivity contribution in [3.8, 4) is 5.75 Å². The van der Waals surface area contributed by atoms with Crippen LogP contribution in [0.5, 0.6) is 5.75 Å². The molecule has 2 unspecified atom stereocenters. The molecule has 2 amide bonds. The number of nitrogens with zero attached hydrogens (tertiary/aromatic N) is 2. The van der Waals surface area contributed by atoms with Crippen LogP contribution in [0.15, 0.2) is 24.3 Å². The topological polar surface area (TPSA) is 61.9 Å². The molecule has 0 radical (unpaired) electrons. The van der Waals surface area contributed by atoms with Crippen LogP contribution in [0.2, 0.25) is 0 Å². The van der Waals surface area contributed by atoms with Gasteiger partial charge in [-0.2, -0.15) is 0 Å². The average Bonchev–Trinajstić information content (AvgIpc) is 3.21. The molecule has 2 saturated heterocycles. The second-order valence-corrected chi connectivity index (χ2v) is 6.49. The van der Waals surface area contributed by atoms with Crippen molar-refractivity contribution in [3.05, 3.63) is 24.3 Å². The number of amides is 2. The molecule has 7 heteroatoms. The van der Waals surface area contributed by atoms with E-state index in [4.69, 9.17) is 4.74 Å². The van der Waals surface area contributed by atoms with Gasteiger partial charge >= 0.3 is 0 Å². The second-order valence-electron chi connectivity index (χ2n) is 6.49. The number of hydrogen-bond acceptors (Lipinski definition) is 4. The Bertz CT molecular complexity index is 608. The fraction of sp³-hybridized carbons (Fsp3) is 0.556. The third-order valence-corrected chi connectivity index (χ3v) is 4.96.